The summed E-state index contributed by atoms with van der Waals surface area (Å²) < 4.78 is 25.8. The highest BCUT2D eigenvalue weighted by Crippen LogP contribution is 2.34. The lowest BCUT2D eigenvalue weighted by molar-refractivity contribution is 0.583. The molecule has 1 rings (SSSR count). The van der Waals surface area contributed by atoms with E-state index in [-0.39, 0.29) is 0 Å². The minimum atomic E-state index is -1.19. The molecule has 0 bridgehead atoms. The van der Waals surface area contributed by atoms with E-state index in [9.17, 15) is 8.78 Å². The van der Waals surface area contributed by atoms with Gasteiger partial charge in [-0.2, -0.15) is 5.26 Å². The molecular formula is C7H2Cl2F2N2. The molecule has 2 N–H and O–H groups in total. The molecule has 0 amide bonds. The first-order valence-electron chi connectivity index (χ1n) is 3.02. The fourth-order valence-electron chi connectivity index (χ4n) is 0.758. The third-order valence-corrected chi connectivity index (χ3v) is 2.12. The van der Waals surface area contributed by atoms with Crippen LogP contribution >= 0.6 is 23.2 Å². The van der Waals surface area contributed by atoms with Crippen molar-refractivity contribution in [1.82, 2.24) is 0 Å². The molecule has 0 radical (unpaired) electrons. The first kappa shape index (κ1) is 10.0. The number of anilines is 1. The molecule has 0 heterocycles. The molecule has 2 nitrogen and oxygen atoms in total. The lowest BCUT2D eigenvalue weighted by Gasteiger charge is -2.05. The third-order valence-electron chi connectivity index (χ3n) is 1.42. The topological polar surface area (TPSA) is 49.8 Å². The van der Waals surface area contributed by atoms with E-state index in [2.05, 4.69) is 0 Å². The fraction of sp³-hybridized carbons (Fsp3) is 0. The molecule has 68 valence electrons. The molecule has 6 heteroatoms. The summed E-state index contributed by atoms with van der Waals surface area (Å²) >= 11 is 10.5. The number of hydrogen-bond acceptors (Lipinski definition) is 2. The summed E-state index contributed by atoms with van der Waals surface area (Å²) in [5.41, 5.74) is 4.18. The van der Waals surface area contributed by atoms with E-state index in [4.69, 9.17) is 34.2 Å². The number of nitrogens with two attached hydrogens (primary N) is 1. The Morgan fingerprint density at radius 3 is 2.15 bits per heavy atom. The third kappa shape index (κ3) is 1.41. The van der Waals surface area contributed by atoms with Crippen molar-refractivity contribution in [2.45, 2.75) is 0 Å². The van der Waals surface area contributed by atoms with Gasteiger partial charge < -0.3 is 5.73 Å². The van der Waals surface area contributed by atoms with Gasteiger partial charge in [-0.05, 0) is 0 Å². The molecule has 0 aliphatic heterocycles. The van der Waals surface area contributed by atoms with Crippen molar-refractivity contribution < 1.29 is 8.78 Å². The van der Waals surface area contributed by atoms with Crippen molar-refractivity contribution in [2.24, 2.45) is 0 Å². The molecule has 0 atom stereocenters. The maximum absolute atomic E-state index is 13.0. The minimum absolute atomic E-state index is 0.441. The zero-order chi connectivity index (χ0) is 10.2. The van der Waals surface area contributed by atoms with Crippen LogP contribution < -0.4 is 5.73 Å². The van der Waals surface area contributed by atoms with Gasteiger partial charge in [-0.1, -0.05) is 23.2 Å². The van der Waals surface area contributed by atoms with Crippen molar-refractivity contribution in [3.05, 3.63) is 27.2 Å². The molecule has 0 saturated heterocycles. The summed E-state index contributed by atoms with van der Waals surface area (Å²) in [5.74, 6) is -2.35. The standard InChI is InChI=1S/C7H2Cl2F2N2/c8-3-5(10)2(1-12)7(13)4(9)6(3)11/h13H2. The van der Waals surface area contributed by atoms with Gasteiger partial charge in [-0.25, -0.2) is 8.78 Å². The molecular weight excluding hydrogens is 221 g/mol. The largest absolute Gasteiger partial charge is 0.396 e. The van der Waals surface area contributed by atoms with Crippen LogP contribution in [0.4, 0.5) is 14.5 Å². The Morgan fingerprint density at radius 2 is 1.69 bits per heavy atom. The van der Waals surface area contributed by atoms with Gasteiger partial charge in [0.2, 0.25) is 0 Å². The highest BCUT2D eigenvalue weighted by atomic mass is 35.5. The molecule has 1 aromatic carbocycles. The van der Waals surface area contributed by atoms with E-state index < -0.39 is 32.9 Å². The predicted molar refractivity (Wildman–Crippen MR) is 45.5 cm³/mol. The maximum atomic E-state index is 13.0. The molecule has 0 aliphatic carbocycles. The Labute approximate surface area is 82.5 Å². The van der Waals surface area contributed by atoms with Gasteiger partial charge in [0.1, 0.15) is 21.7 Å². The van der Waals surface area contributed by atoms with E-state index in [1.165, 1.54) is 6.07 Å². The van der Waals surface area contributed by atoms with Gasteiger partial charge in [-0.3, -0.25) is 0 Å². The summed E-state index contributed by atoms with van der Waals surface area (Å²) in [6.07, 6.45) is 0. The lowest BCUT2D eigenvalue weighted by Crippen LogP contribution is -1.99. The summed E-state index contributed by atoms with van der Waals surface area (Å²) in [5, 5.41) is 7.07. The molecule has 1 aromatic rings. The Balaban J connectivity index is 3.69. The molecule has 0 saturated carbocycles. The second-order valence-corrected chi connectivity index (χ2v) is 2.91. The monoisotopic (exact) mass is 222 g/mol. The molecule has 0 spiro atoms. The van der Waals surface area contributed by atoms with E-state index in [1.54, 1.807) is 0 Å². The average Bonchev–Trinajstić information content (AvgIpc) is 2.13. The number of nitrogens with zero attached hydrogens (tertiary/aromatic N) is 1. The lowest BCUT2D eigenvalue weighted by atomic mass is 10.2. The van der Waals surface area contributed by atoms with Gasteiger partial charge in [0, 0.05) is 0 Å². The number of halogens is 4. The van der Waals surface area contributed by atoms with Gasteiger partial charge in [-0.15, -0.1) is 0 Å². The van der Waals surface area contributed by atoms with E-state index >= 15 is 0 Å². The molecule has 0 fully saturated rings. The van der Waals surface area contributed by atoms with Crippen molar-refractivity contribution in [3.8, 4) is 6.07 Å². The van der Waals surface area contributed by atoms with E-state index in [0.29, 0.717) is 0 Å². The van der Waals surface area contributed by atoms with Crippen molar-refractivity contribution in [3.63, 3.8) is 0 Å². The maximum Gasteiger partial charge on any atom is 0.165 e. The quantitative estimate of drug-likeness (QED) is 0.417. The number of rotatable bonds is 0. The van der Waals surface area contributed by atoms with Crippen LogP contribution in [0.5, 0.6) is 0 Å². The van der Waals surface area contributed by atoms with Crippen molar-refractivity contribution >= 4 is 28.9 Å². The summed E-state index contributed by atoms with van der Waals surface area (Å²) in [6, 6.07) is 1.44. The highest BCUT2D eigenvalue weighted by molar-refractivity contribution is 6.37. The van der Waals surface area contributed by atoms with Crippen LogP contribution in [0, 0.1) is 23.0 Å². The second kappa shape index (κ2) is 3.36. The molecule has 13 heavy (non-hydrogen) atoms. The normalized spacial score (nSPS) is 9.77. The van der Waals surface area contributed by atoms with Crippen LogP contribution in [0.2, 0.25) is 10.0 Å². The summed E-state index contributed by atoms with van der Waals surface area (Å²) in [4.78, 5) is 0. The second-order valence-electron chi connectivity index (χ2n) is 2.16. The van der Waals surface area contributed by atoms with Crippen molar-refractivity contribution in [2.75, 3.05) is 5.73 Å². The summed E-state index contributed by atoms with van der Waals surface area (Å²) in [7, 11) is 0. The van der Waals surface area contributed by atoms with Gasteiger partial charge >= 0.3 is 0 Å². The van der Waals surface area contributed by atoms with Crippen LogP contribution in [0.3, 0.4) is 0 Å². The number of nitrogen functional groups attached to an aromatic ring is 1. The highest BCUT2D eigenvalue weighted by Gasteiger charge is 2.20. The minimum Gasteiger partial charge on any atom is -0.396 e. The Morgan fingerprint density at radius 1 is 1.15 bits per heavy atom. The van der Waals surface area contributed by atoms with Crippen molar-refractivity contribution in [1.29, 1.82) is 5.26 Å². The molecule has 0 aliphatic rings. The predicted octanol–water partition coefficient (Wildman–Crippen LogP) is 2.73. The van der Waals surface area contributed by atoms with E-state index in [0.717, 1.165) is 0 Å². The number of nitriles is 1. The van der Waals surface area contributed by atoms with E-state index in [1.807, 2.05) is 0 Å². The van der Waals surface area contributed by atoms with Crippen LogP contribution in [0.15, 0.2) is 0 Å². The van der Waals surface area contributed by atoms with Gasteiger partial charge in [0.15, 0.2) is 11.6 Å². The Hall–Kier alpha value is -1.05. The van der Waals surface area contributed by atoms with Crippen LogP contribution in [-0.4, -0.2) is 0 Å². The van der Waals surface area contributed by atoms with Gasteiger partial charge in [0.05, 0.1) is 5.69 Å². The van der Waals surface area contributed by atoms with Gasteiger partial charge in [0.25, 0.3) is 0 Å². The Bertz CT molecular complexity index is 383. The SMILES string of the molecule is N#Cc1c(N)c(Cl)c(F)c(Cl)c1F. The van der Waals surface area contributed by atoms with Crippen LogP contribution in [0.25, 0.3) is 0 Å². The number of hydrogen-bond donors (Lipinski definition) is 1. The zero-order valence-electron chi connectivity index (χ0n) is 6.04. The van der Waals surface area contributed by atoms with Crippen LogP contribution in [0.1, 0.15) is 5.56 Å². The zero-order valence-corrected chi connectivity index (χ0v) is 7.55. The number of benzene rings is 1. The summed E-state index contributed by atoms with van der Waals surface area (Å²) in [6.45, 7) is 0. The first-order valence-corrected chi connectivity index (χ1v) is 3.77. The molecule has 0 aromatic heterocycles. The first-order chi connectivity index (χ1) is 6.00. The smallest absolute Gasteiger partial charge is 0.165 e. The fourth-order valence-corrected chi connectivity index (χ4v) is 1.18. The van der Waals surface area contributed by atoms with Crippen LogP contribution in [-0.2, 0) is 0 Å². The average molecular weight is 223 g/mol. The Kier molecular flexibility index (Phi) is 2.60. The molecule has 0 unspecified atom stereocenters.